The molecule has 7 heteroatoms. The Morgan fingerprint density at radius 1 is 1.23 bits per heavy atom. The summed E-state index contributed by atoms with van der Waals surface area (Å²) >= 11 is 0. The van der Waals surface area contributed by atoms with Crippen molar-refractivity contribution >= 4 is 5.82 Å². The quantitative estimate of drug-likeness (QED) is 0.893. The molecule has 1 aliphatic heterocycles. The highest BCUT2D eigenvalue weighted by Gasteiger charge is 2.19. The third-order valence-corrected chi connectivity index (χ3v) is 3.82. The second kappa shape index (κ2) is 7.13. The molecule has 0 amide bonds. The number of anilines is 1. The van der Waals surface area contributed by atoms with Crippen LogP contribution in [0.1, 0.15) is 18.5 Å². The van der Waals surface area contributed by atoms with Crippen LogP contribution in [0.4, 0.5) is 5.82 Å². The first-order chi connectivity index (χ1) is 10.8. The van der Waals surface area contributed by atoms with Crippen molar-refractivity contribution in [2.75, 3.05) is 25.5 Å². The topological polar surface area (TPSA) is 76.1 Å². The summed E-state index contributed by atoms with van der Waals surface area (Å²) in [4.78, 5) is 18.9. The normalized spacial score (nSPS) is 16.4. The van der Waals surface area contributed by atoms with E-state index < -0.39 is 0 Å². The van der Waals surface area contributed by atoms with Gasteiger partial charge in [0.05, 0.1) is 12.8 Å². The van der Waals surface area contributed by atoms with Gasteiger partial charge < -0.3 is 10.1 Å². The lowest BCUT2D eigenvalue weighted by Crippen LogP contribution is -2.38. The highest BCUT2D eigenvalue weighted by molar-refractivity contribution is 5.38. The molecule has 0 radical (unpaired) electrons. The molecule has 1 saturated heterocycles. The van der Waals surface area contributed by atoms with Crippen molar-refractivity contribution in [3.63, 3.8) is 0 Å². The van der Waals surface area contributed by atoms with Gasteiger partial charge in [0.25, 0.3) is 0 Å². The Kier molecular flexibility index (Phi) is 4.75. The van der Waals surface area contributed by atoms with Gasteiger partial charge in [0.15, 0.2) is 0 Å². The minimum atomic E-state index is 0.432. The van der Waals surface area contributed by atoms with Crippen LogP contribution >= 0.6 is 0 Å². The molecule has 0 spiro atoms. The number of methoxy groups -OCH3 is 1. The zero-order valence-electron chi connectivity index (χ0n) is 12.6. The molecule has 0 aliphatic carbocycles. The van der Waals surface area contributed by atoms with Gasteiger partial charge in [-0.2, -0.15) is 0 Å². The fraction of sp³-hybridized carbons (Fsp3) is 0.467. The summed E-state index contributed by atoms with van der Waals surface area (Å²) in [5.74, 6) is 1.40. The SMILES string of the molecule is COc1cc(NC2CCN(Cc3ccncn3)CC2)ncn1. The highest BCUT2D eigenvalue weighted by atomic mass is 16.5. The summed E-state index contributed by atoms with van der Waals surface area (Å²) in [6.45, 7) is 2.98. The van der Waals surface area contributed by atoms with Gasteiger partial charge in [0.2, 0.25) is 5.88 Å². The molecule has 0 unspecified atom stereocenters. The summed E-state index contributed by atoms with van der Waals surface area (Å²) < 4.78 is 5.12. The van der Waals surface area contributed by atoms with Crippen molar-refractivity contribution in [1.82, 2.24) is 24.8 Å². The van der Waals surface area contributed by atoms with E-state index in [1.807, 2.05) is 12.1 Å². The summed E-state index contributed by atoms with van der Waals surface area (Å²) in [6, 6.07) is 4.23. The Labute approximate surface area is 129 Å². The molecule has 0 saturated carbocycles. The smallest absolute Gasteiger partial charge is 0.218 e. The third-order valence-electron chi connectivity index (χ3n) is 3.82. The second-order valence-corrected chi connectivity index (χ2v) is 5.34. The van der Waals surface area contributed by atoms with Gasteiger partial charge in [-0.3, -0.25) is 4.90 Å². The minimum Gasteiger partial charge on any atom is -0.481 e. The lowest BCUT2D eigenvalue weighted by Gasteiger charge is -2.32. The van der Waals surface area contributed by atoms with Gasteiger partial charge in [-0.05, 0) is 18.9 Å². The zero-order chi connectivity index (χ0) is 15.2. The molecule has 0 aromatic carbocycles. The van der Waals surface area contributed by atoms with E-state index in [9.17, 15) is 0 Å². The maximum absolute atomic E-state index is 5.12. The van der Waals surface area contributed by atoms with Crippen LogP contribution < -0.4 is 10.1 Å². The van der Waals surface area contributed by atoms with Crippen LogP contribution in [0.5, 0.6) is 5.88 Å². The Morgan fingerprint density at radius 2 is 2.09 bits per heavy atom. The number of piperidine rings is 1. The largest absolute Gasteiger partial charge is 0.481 e. The predicted octanol–water partition coefficient (Wildman–Crippen LogP) is 1.35. The van der Waals surface area contributed by atoms with Crippen molar-refractivity contribution in [2.45, 2.75) is 25.4 Å². The van der Waals surface area contributed by atoms with Gasteiger partial charge in [-0.15, -0.1) is 0 Å². The van der Waals surface area contributed by atoms with Gasteiger partial charge >= 0.3 is 0 Å². The van der Waals surface area contributed by atoms with E-state index >= 15 is 0 Å². The van der Waals surface area contributed by atoms with E-state index in [1.54, 1.807) is 19.6 Å². The van der Waals surface area contributed by atoms with Gasteiger partial charge in [-0.25, -0.2) is 19.9 Å². The Balaban J connectivity index is 1.49. The maximum atomic E-state index is 5.12. The number of nitrogens with zero attached hydrogens (tertiary/aromatic N) is 5. The Morgan fingerprint density at radius 3 is 2.82 bits per heavy atom. The maximum Gasteiger partial charge on any atom is 0.218 e. The molecule has 1 aliphatic rings. The highest BCUT2D eigenvalue weighted by Crippen LogP contribution is 2.18. The van der Waals surface area contributed by atoms with E-state index in [0.717, 1.165) is 44.0 Å². The molecule has 3 heterocycles. The molecular weight excluding hydrogens is 280 g/mol. The molecule has 0 atom stereocenters. The second-order valence-electron chi connectivity index (χ2n) is 5.34. The minimum absolute atomic E-state index is 0.432. The average Bonchev–Trinajstić information content (AvgIpc) is 2.58. The van der Waals surface area contributed by atoms with Crippen molar-refractivity contribution in [2.24, 2.45) is 0 Å². The molecule has 116 valence electrons. The molecule has 3 rings (SSSR count). The number of aromatic nitrogens is 4. The van der Waals surface area contributed by atoms with Crippen LogP contribution in [0.2, 0.25) is 0 Å². The fourth-order valence-corrected chi connectivity index (χ4v) is 2.62. The van der Waals surface area contributed by atoms with Crippen molar-refractivity contribution in [3.05, 3.63) is 36.7 Å². The van der Waals surface area contributed by atoms with Crippen LogP contribution in [0.25, 0.3) is 0 Å². The summed E-state index contributed by atoms with van der Waals surface area (Å²) in [6.07, 6.45) is 7.07. The summed E-state index contributed by atoms with van der Waals surface area (Å²) in [5, 5.41) is 3.46. The number of nitrogens with one attached hydrogen (secondary N) is 1. The molecule has 22 heavy (non-hydrogen) atoms. The fourth-order valence-electron chi connectivity index (χ4n) is 2.62. The Hall–Kier alpha value is -2.28. The van der Waals surface area contributed by atoms with Gasteiger partial charge in [0, 0.05) is 37.9 Å². The first kappa shape index (κ1) is 14.6. The first-order valence-corrected chi connectivity index (χ1v) is 7.43. The number of rotatable bonds is 5. The number of hydrogen-bond acceptors (Lipinski definition) is 7. The molecule has 7 nitrogen and oxygen atoms in total. The Bertz CT molecular complexity index is 586. The van der Waals surface area contributed by atoms with E-state index in [4.69, 9.17) is 4.74 Å². The van der Waals surface area contributed by atoms with Crippen LogP contribution in [0, 0.1) is 0 Å². The van der Waals surface area contributed by atoms with E-state index in [1.165, 1.54) is 6.33 Å². The van der Waals surface area contributed by atoms with Crippen LogP contribution in [0.15, 0.2) is 31.0 Å². The molecule has 2 aromatic rings. The van der Waals surface area contributed by atoms with E-state index in [0.29, 0.717) is 11.9 Å². The van der Waals surface area contributed by atoms with Gasteiger partial charge in [-0.1, -0.05) is 0 Å². The lowest BCUT2D eigenvalue weighted by atomic mass is 10.0. The lowest BCUT2D eigenvalue weighted by molar-refractivity contribution is 0.209. The summed E-state index contributed by atoms with van der Waals surface area (Å²) in [5.41, 5.74) is 1.07. The van der Waals surface area contributed by atoms with Crippen LogP contribution in [-0.2, 0) is 6.54 Å². The molecule has 2 aromatic heterocycles. The van der Waals surface area contributed by atoms with E-state index in [-0.39, 0.29) is 0 Å². The van der Waals surface area contributed by atoms with Crippen LogP contribution in [0.3, 0.4) is 0 Å². The zero-order valence-corrected chi connectivity index (χ0v) is 12.6. The number of ether oxygens (including phenoxy) is 1. The van der Waals surface area contributed by atoms with Crippen molar-refractivity contribution in [3.8, 4) is 5.88 Å². The molecule has 1 N–H and O–H groups in total. The predicted molar refractivity (Wildman–Crippen MR) is 82.5 cm³/mol. The van der Waals surface area contributed by atoms with Gasteiger partial charge in [0.1, 0.15) is 18.5 Å². The molecule has 1 fully saturated rings. The average molecular weight is 300 g/mol. The number of likely N-dealkylation sites (tertiary alicyclic amines) is 1. The number of hydrogen-bond donors (Lipinski definition) is 1. The molecule has 0 bridgehead atoms. The standard InChI is InChI=1S/C15H20N6O/c1-22-15-8-14(18-11-19-15)20-12-3-6-21(7-4-12)9-13-2-5-16-10-17-13/h2,5,8,10-12H,3-4,6-7,9H2,1H3,(H,18,19,20). The van der Waals surface area contributed by atoms with Crippen molar-refractivity contribution in [1.29, 1.82) is 0 Å². The monoisotopic (exact) mass is 300 g/mol. The van der Waals surface area contributed by atoms with E-state index in [2.05, 4.69) is 30.2 Å². The van der Waals surface area contributed by atoms with Crippen molar-refractivity contribution < 1.29 is 4.74 Å². The summed E-state index contributed by atoms with van der Waals surface area (Å²) in [7, 11) is 1.61. The third kappa shape index (κ3) is 3.88. The van der Waals surface area contributed by atoms with Crippen LogP contribution in [-0.4, -0.2) is 51.1 Å². The molecular formula is C15H20N6O. The first-order valence-electron chi connectivity index (χ1n) is 7.43.